The van der Waals surface area contributed by atoms with Crippen LogP contribution in [0.5, 0.6) is 5.75 Å². The highest BCUT2D eigenvalue weighted by atomic mass is 16.5. The predicted molar refractivity (Wildman–Crippen MR) is 78.4 cm³/mol. The summed E-state index contributed by atoms with van der Waals surface area (Å²) in [7, 11) is 1.66. The molecule has 3 rings (SSSR count). The Morgan fingerprint density at radius 2 is 2.15 bits per heavy atom. The van der Waals surface area contributed by atoms with Gasteiger partial charge in [-0.25, -0.2) is 0 Å². The Morgan fingerprint density at radius 3 is 2.85 bits per heavy atom. The average Bonchev–Trinajstić information content (AvgIpc) is 3.08. The van der Waals surface area contributed by atoms with E-state index in [4.69, 9.17) is 4.74 Å². The second kappa shape index (κ2) is 5.86. The lowest BCUT2D eigenvalue weighted by Crippen LogP contribution is -2.27. The third-order valence-corrected chi connectivity index (χ3v) is 5.00. The van der Waals surface area contributed by atoms with E-state index in [2.05, 4.69) is 5.32 Å². The van der Waals surface area contributed by atoms with Crippen LogP contribution in [0.4, 0.5) is 0 Å². The molecule has 1 N–H and O–H groups in total. The van der Waals surface area contributed by atoms with Crippen molar-refractivity contribution in [3.63, 3.8) is 0 Å². The van der Waals surface area contributed by atoms with Crippen LogP contribution in [0.3, 0.4) is 0 Å². The monoisotopic (exact) mass is 273 g/mol. The third kappa shape index (κ3) is 2.82. The van der Waals surface area contributed by atoms with E-state index in [1.54, 1.807) is 7.11 Å². The van der Waals surface area contributed by atoms with Gasteiger partial charge < -0.3 is 10.1 Å². The van der Waals surface area contributed by atoms with Gasteiger partial charge in [0.15, 0.2) is 0 Å². The SMILES string of the molecule is COc1ccccc1CNC(=O)C[C@@H]1C[C@@H]2CC[C@@H]1C2. The zero-order valence-electron chi connectivity index (χ0n) is 12.1. The first-order chi connectivity index (χ1) is 9.76. The molecule has 3 atom stereocenters. The highest BCUT2D eigenvalue weighted by Crippen LogP contribution is 2.49. The van der Waals surface area contributed by atoms with E-state index < -0.39 is 0 Å². The molecule has 2 saturated carbocycles. The highest BCUT2D eigenvalue weighted by molar-refractivity contribution is 5.76. The van der Waals surface area contributed by atoms with Crippen LogP contribution in [0.15, 0.2) is 24.3 Å². The standard InChI is InChI=1S/C17H23NO2/c1-20-16-5-3-2-4-14(16)11-18-17(19)10-15-9-12-6-7-13(15)8-12/h2-5,12-13,15H,6-11H2,1H3,(H,18,19)/t12-,13-,15+/m1/s1. The lowest BCUT2D eigenvalue weighted by molar-refractivity contribution is -0.122. The molecule has 3 nitrogen and oxygen atoms in total. The Hall–Kier alpha value is -1.51. The molecule has 0 saturated heterocycles. The molecule has 0 spiro atoms. The fraction of sp³-hybridized carbons (Fsp3) is 0.588. The summed E-state index contributed by atoms with van der Waals surface area (Å²) in [5, 5.41) is 3.04. The van der Waals surface area contributed by atoms with Crippen LogP contribution in [-0.2, 0) is 11.3 Å². The number of nitrogens with one attached hydrogen (secondary N) is 1. The second-order valence-electron chi connectivity index (χ2n) is 6.23. The smallest absolute Gasteiger partial charge is 0.220 e. The molecule has 2 bridgehead atoms. The molecule has 2 fully saturated rings. The number of amides is 1. The predicted octanol–water partition coefficient (Wildman–Crippen LogP) is 3.14. The van der Waals surface area contributed by atoms with E-state index in [-0.39, 0.29) is 5.91 Å². The van der Waals surface area contributed by atoms with Gasteiger partial charge in [-0.05, 0) is 43.1 Å². The molecule has 0 heterocycles. The van der Waals surface area contributed by atoms with Crippen molar-refractivity contribution in [3.8, 4) is 5.75 Å². The fourth-order valence-corrected chi connectivity index (χ4v) is 3.98. The summed E-state index contributed by atoms with van der Waals surface area (Å²) in [5.41, 5.74) is 1.04. The molecule has 2 aliphatic carbocycles. The number of rotatable bonds is 5. The molecule has 0 radical (unpaired) electrons. The van der Waals surface area contributed by atoms with E-state index in [0.717, 1.165) is 23.1 Å². The normalized spacial score (nSPS) is 27.6. The highest BCUT2D eigenvalue weighted by Gasteiger charge is 2.39. The Bertz CT molecular complexity index is 486. The number of hydrogen-bond acceptors (Lipinski definition) is 2. The Morgan fingerprint density at radius 1 is 1.30 bits per heavy atom. The Balaban J connectivity index is 1.50. The molecule has 0 unspecified atom stereocenters. The minimum Gasteiger partial charge on any atom is -0.496 e. The summed E-state index contributed by atoms with van der Waals surface area (Å²) in [5.74, 6) is 3.39. The Kier molecular flexibility index (Phi) is 3.95. The van der Waals surface area contributed by atoms with Crippen molar-refractivity contribution in [2.75, 3.05) is 7.11 Å². The van der Waals surface area contributed by atoms with E-state index in [1.165, 1.54) is 25.7 Å². The number of carbonyl (C=O) groups is 1. The molecule has 0 aliphatic heterocycles. The molecule has 20 heavy (non-hydrogen) atoms. The van der Waals surface area contributed by atoms with Crippen LogP contribution in [0.2, 0.25) is 0 Å². The van der Waals surface area contributed by atoms with Crippen molar-refractivity contribution in [1.82, 2.24) is 5.32 Å². The molecule has 3 heteroatoms. The van der Waals surface area contributed by atoms with Crippen LogP contribution in [0.1, 0.15) is 37.7 Å². The van der Waals surface area contributed by atoms with Crippen molar-refractivity contribution in [2.45, 2.75) is 38.6 Å². The first kappa shape index (κ1) is 13.5. The molecule has 1 amide bonds. The van der Waals surface area contributed by atoms with Crippen molar-refractivity contribution >= 4 is 5.91 Å². The number of fused-ring (bicyclic) bond motifs is 2. The first-order valence-electron chi connectivity index (χ1n) is 7.65. The van der Waals surface area contributed by atoms with Gasteiger partial charge in [-0.1, -0.05) is 24.6 Å². The van der Waals surface area contributed by atoms with Crippen LogP contribution in [0, 0.1) is 17.8 Å². The average molecular weight is 273 g/mol. The van der Waals surface area contributed by atoms with Crippen molar-refractivity contribution in [1.29, 1.82) is 0 Å². The quantitative estimate of drug-likeness (QED) is 0.895. The second-order valence-corrected chi connectivity index (χ2v) is 6.23. The van der Waals surface area contributed by atoms with Gasteiger partial charge in [0.05, 0.1) is 7.11 Å². The van der Waals surface area contributed by atoms with Crippen LogP contribution < -0.4 is 10.1 Å². The molecular formula is C17H23NO2. The topological polar surface area (TPSA) is 38.3 Å². The van der Waals surface area contributed by atoms with Gasteiger partial charge in [0.1, 0.15) is 5.75 Å². The van der Waals surface area contributed by atoms with Gasteiger partial charge in [0.25, 0.3) is 0 Å². The zero-order valence-corrected chi connectivity index (χ0v) is 12.1. The number of para-hydroxylation sites is 1. The number of carbonyl (C=O) groups excluding carboxylic acids is 1. The maximum atomic E-state index is 12.1. The van der Waals surface area contributed by atoms with Gasteiger partial charge in [-0.15, -0.1) is 0 Å². The summed E-state index contributed by atoms with van der Waals surface area (Å²) in [6.45, 7) is 0.559. The minimum absolute atomic E-state index is 0.188. The van der Waals surface area contributed by atoms with Crippen LogP contribution >= 0.6 is 0 Å². The fourth-order valence-electron chi connectivity index (χ4n) is 3.98. The summed E-state index contributed by atoms with van der Waals surface area (Å²) in [4.78, 5) is 12.1. The number of methoxy groups -OCH3 is 1. The lowest BCUT2D eigenvalue weighted by atomic mass is 9.86. The van der Waals surface area contributed by atoms with E-state index in [9.17, 15) is 4.79 Å². The lowest BCUT2D eigenvalue weighted by Gasteiger charge is -2.21. The Labute approximate surface area is 120 Å². The molecule has 1 aromatic rings. The van der Waals surface area contributed by atoms with Crippen molar-refractivity contribution in [3.05, 3.63) is 29.8 Å². The number of ether oxygens (including phenoxy) is 1. The van der Waals surface area contributed by atoms with E-state index in [1.807, 2.05) is 24.3 Å². The maximum absolute atomic E-state index is 12.1. The summed E-state index contributed by atoms with van der Waals surface area (Å²) in [6, 6.07) is 7.84. The summed E-state index contributed by atoms with van der Waals surface area (Å²) in [6.07, 6.45) is 6.08. The van der Waals surface area contributed by atoms with E-state index in [0.29, 0.717) is 18.9 Å². The molecule has 0 aromatic heterocycles. The summed E-state index contributed by atoms with van der Waals surface area (Å²) >= 11 is 0. The largest absolute Gasteiger partial charge is 0.496 e. The first-order valence-corrected chi connectivity index (χ1v) is 7.65. The van der Waals surface area contributed by atoms with Gasteiger partial charge in [-0.3, -0.25) is 4.79 Å². The zero-order chi connectivity index (χ0) is 13.9. The van der Waals surface area contributed by atoms with Crippen molar-refractivity contribution < 1.29 is 9.53 Å². The van der Waals surface area contributed by atoms with Crippen LogP contribution in [-0.4, -0.2) is 13.0 Å². The van der Waals surface area contributed by atoms with Gasteiger partial charge in [0.2, 0.25) is 5.91 Å². The number of hydrogen-bond donors (Lipinski definition) is 1. The molecular weight excluding hydrogens is 250 g/mol. The minimum atomic E-state index is 0.188. The van der Waals surface area contributed by atoms with Crippen molar-refractivity contribution in [2.24, 2.45) is 17.8 Å². The van der Waals surface area contributed by atoms with Gasteiger partial charge in [0, 0.05) is 18.5 Å². The maximum Gasteiger partial charge on any atom is 0.220 e. The van der Waals surface area contributed by atoms with Gasteiger partial charge in [-0.2, -0.15) is 0 Å². The molecule has 1 aromatic carbocycles. The third-order valence-electron chi connectivity index (χ3n) is 5.00. The van der Waals surface area contributed by atoms with Gasteiger partial charge >= 0.3 is 0 Å². The number of benzene rings is 1. The van der Waals surface area contributed by atoms with E-state index >= 15 is 0 Å². The van der Waals surface area contributed by atoms with Crippen LogP contribution in [0.25, 0.3) is 0 Å². The molecule has 2 aliphatic rings. The summed E-state index contributed by atoms with van der Waals surface area (Å²) < 4.78 is 5.30. The molecule has 108 valence electrons.